The summed E-state index contributed by atoms with van der Waals surface area (Å²) in [6.45, 7) is 3.67. The van der Waals surface area contributed by atoms with Crippen LogP contribution in [0.3, 0.4) is 0 Å². The highest BCUT2D eigenvalue weighted by atomic mass is 35.5. The lowest BCUT2D eigenvalue weighted by atomic mass is 9.92. The van der Waals surface area contributed by atoms with Crippen molar-refractivity contribution in [3.05, 3.63) is 30.1 Å². The number of rotatable bonds is 1. The van der Waals surface area contributed by atoms with E-state index >= 15 is 0 Å². The zero-order chi connectivity index (χ0) is 12.4. The Morgan fingerprint density at radius 2 is 2.29 bits per heavy atom. The molecule has 3 atom stereocenters. The van der Waals surface area contributed by atoms with E-state index in [1.165, 1.54) is 0 Å². The number of likely N-dealkylation sites (tertiary alicyclic amines) is 1. The summed E-state index contributed by atoms with van der Waals surface area (Å²) in [5.74, 6) is 0.106. The number of aromatic nitrogens is 1. The minimum absolute atomic E-state index is 0.0625. The second kappa shape index (κ2) is 5.05. The predicted octanol–water partition coefficient (Wildman–Crippen LogP) is 2.76. The first-order valence-corrected chi connectivity index (χ1v) is 6.36. The van der Waals surface area contributed by atoms with E-state index in [4.69, 9.17) is 11.6 Å². The van der Waals surface area contributed by atoms with Gasteiger partial charge in [0.25, 0.3) is 0 Å². The number of hydrogen-bond acceptors (Lipinski definition) is 2. The summed E-state index contributed by atoms with van der Waals surface area (Å²) in [6.07, 6.45) is 5.23. The number of halogens is 1. The van der Waals surface area contributed by atoms with Crippen molar-refractivity contribution in [2.24, 2.45) is 0 Å². The molecule has 0 saturated carbocycles. The number of amides is 1. The number of carbonyl (C=O) groups excluding carboxylic acids is 1. The summed E-state index contributed by atoms with van der Waals surface area (Å²) in [6, 6.07) is 4.16. The third-order valence-electron chi connectivity index (χ3n) is 3.32. The SMILES string of the molecule is CC(=O)N1C(C)CC(Cl)CC1c1cccnc1. The Kier molecular flexibility index (Phi) is 3.67. The molecule has 1 aromatic heterocycles. The van der Waals surface area contributed by atoms with Crippen LogP contribution in [0.25, 0.3) is 0 Å². The maximum absolute atomic E-state index is 11.8. The number of alkyl halides is 1. The molecule has 1 aromatic rings. The Morgan fingerprint density at radius 3 is 2.88 bits per heavy atom. The number of carbonyl (C=O) groups is 1. The number of hydrogen-bond donors (Lipinski definition) is 0. The normalized spacial score (nSPS) is 29.1. The van der Waals surface area contributed by atoms with Crippen LogP contribution >= 0.6 is 11.6 Å². The molecule has 1 amide bonds. The predicted molar refractivity (Wildman–Crippen MR) is 67.8 cm³/mol. The summed E-state index contributed by atoms with van der Waals surface area (Å²) in [4.78, 5) is 17.8. The lowest BCUT2D eigenvalue weighted by Crippen LogP contribution is -2.46. The van der Waals surface area contributed by atoms with E-state index in [2.05, 4.69) is 11.9 Å². The van der Waals surface area contributed by atoms with E-state index in [1.807, 2.05) is 23.2 Å². The summed E-state index contributed by atoms with van der Waals surface area (Å²) in [7, 11) is 0. The molecule has 4 heteroatoms. The highest BCUT2D eigenvalue weighted by molar-refractivity contribution is 6.20. The average Bonchev–Trinajstić information content (AvgIpc) is 2.28. The van der Waals surface area contributed by atoms with E-state index in [0.717, 1.165) is 18.4 Å². The molecule has 0 aromatic carbocycles. The fourth-order valence-electron chi connectivity index (χ4n) is 2.64. The van der Waals surface area contributed by atoms with Crippen LogP contribution in [0.1, 0.15) is 38.3 Å². The minimum Gasteiger partial charge on any atom is -0.333 e. The lowest BCUT2D eigenvalue weighted by molar-refractivity contribution is -0.135. The van der Waals surface area contributed by atoms with Gasteiger partial charge in [-0.25, -0.2) is 0 Å². The van der Waals surface area contributed by atoms with Gasteiger partial charge in [0.05, 0.1) is 6.04 Å². The van der Waals surface area contributed by atoms with Gasteiger partial charge >= 0.3 is 0 Å². The van der Waals surface area contributed by atoms with Crippen molar-refractivity contribution in [3.63, 3.8) is 0 Å². The van der Waals surface area contributed by atoms with Crippen LogP contribution in [0.5, 0.6) is 0 Å². The van der Waals surface area contributed by atoms with E-state index in [9.17, 15) is 4.79 Å². The van der Waals surface area contributed by atoms with Crippen molar-refractivity contribution in [3.8, 4) is 0 Å². The minimum atomic E-state index is 0.0625. The van der Waals surface area contributed by atoms with Crippen LogP contribution in [-0.4, -0.2) is 27.2 Å². The van der Waals surface area contributed by atoms with Gasteiger partial charge in [0.2, 0.25) is 5.91 Å². The standard InChI is InChI=1S/C13H17ClN2O/c1-9-6-12(14)7-13(16(9)10(2)17)11-4-3-5-15-8-11/h3-5,8-9,12-13H,6-7H2,1-2H3. The second-order valence-corrected chi connectivity index (χ2v) is 5.26. The Hall–Kier alpha value is -1.09. The molecule has 0 radical (unpaired) electrons. The highest BCUT2D eigenvalue weighted by Crippen LogP contribution is 2.36. The molecule has 0 N–H and O–H groups in total. The smallest absolute Gasteiger partial charge is 0.220 e. The highest BCUT2D eigenvalue weighted by Gasteiger charge is 2.34. The van der Waals surface area contributed by atoms with Gasteiger partial charge in [0, 0.05) is 30.7 Å². The monoisotopic (exact) mass is 252 g/mol. The summed E-state index contributed by atoms with van der Waals surface area (Å²) in [5, 5.41) is 0.130. The van der Waals surface area contributed by atoms with Gasteiger partial charge in [0.15, 0.2) is 0 Å². The van der Waals surface area contributed by atoms with Gasteiger partial charge in [-0.05, 0) is 31.4 Å². The maximum Gasteiger partial charge on any atom is 0.220 e. The van der Waals surface area contributed by atoms with Crippen LogP contribution in [0, 0.1) is 0 Å². The first kappa shape index (κ1) is 12.4. The molecule has 3 nitrogen and oxygen atoms in total. The maximum atomic E-state index is 11.8. The zero-order valence-corrected chi connectivity index (χ0v) is 10.9. The van der Waals surface area contributed by atoms with Gasteiger partial charge in [0.1, 0.15) is 0 Å². The Morgan fingerprint density at radius 1 is 1.53 bits per heavy atom. The quantitative estimate of drug-likeness (QED) is 0.720. The van der Waals surface area contributed by atoms with Gasteiger partial charge < -0.3 is 4.90 Å². The molecule has 0 bridgehead atoms. The molecule has 1 aliphatic heterocycles. The average molecular weight is 253 g/mol. The molecule has 17 heavy (non-hydrogen) atoms. The fourth-order valence-corrected chi connectivity index (χ4v) is 3.07. The van der Waals surface area contributed by atoms with Gasteiger partial charge in [-0.2, -0.15) is 0 Å². The van der Waals surface area contributed by atoms with Crippen LogP contribution in [0.4, 0.5) is 0 Å². The Labute approximate surface area is 107 Å². The molecule has 2 rings (SSSR count). The zero-order valence-electron chi connectivity index (χ0n) is 10.1. The Balaban J connectivity index is 2.31. The van der Waals surface area contributed by atoms with E-state index in [0.29, 0.717) is 0 Å². The number of nitrogens with zero attached hydrogens (tertiary/aromatic N) is 2. The van der Waals surface area contributed by atoms with Crippen LogP contribution in [0.15, 0.2) is 24.5 Å². The third kappa shape index (κ3) is 2.60. The van der Waals surface area contributed by atoms with Crippen molar-refractivity contribution in [1.82, 2.24) is 9.88 Å². The van der Waals surface area contributed by atoms with Crippen LogP contribution in [-0.2, 0) is 4.79 Å². The molecular formula is C13H17ClN2O. The van der Waals surface area contributed by atoms with Gasteiger partial charge in [-0.15, -0.1) is 11.6 Å². The molecule has 1 aliphatic rings. The summed E-state index contributed by atoms with van der Waals surface area (Å²) < 4.78 is 0. The van der Waals surface area contributed by atoms with Gasteiger partial charge in [-0.1, -0.05) is 6.07 Å². The van der Waals surface area contributed by atoms with Gasteiger partial charge in [-0.3, -0.25) is 9.78 Å². The first-order chi connectivity index (χ1) is 8.09. The van der Waals surface area contributed by atoms with Crippen molar-refractivity contribution >= 4 is 17.5 Å². The topological polar surface area (TPSA) is 33.2 Å². The Bertz CT molecular complexity index is 396. The lowest BCUT2D eigenvalue weighted by Gasteiger charge is -2.42. The summed E-state index contributed by atoms with van der Waals surface area (Å²) in [5.41, 5.74) is 1.07. The van der Waals surface area contributed by atoms with Crippen LogP contribution < -0.4 is 0 Å². The second-order valence-electron chi connectivity index (χ2n) is 4.65. The molecule has 92 valence electrons. The first-order valence-electron chi connectivity index (χ1n) is 5.92. The molecule has 1 saturated heterocycles. The van der Waals surface area contributed by atoms with E-state index < -0.39 is 0 Å². The molecule has 0 aliphatic carbocycles. The van der Waals surface area contributed by atoms with Crippen molar-refractivity contribution in [2.75, 3.05) is 0 Å². The molecule has 1 fully saturated rings. The van der Waals surface area contributed by atoms with Crippen molar-refractivity contribution in [1.29, 1.82) is 0 Å². The molecule has 2 heterocycles. The fraction of sp³-hybridized carbons (Fsp3) is 0.538. The number of piperidine rings is 1. The molecular weight excluding hydrogens is 236 g/mol. The van der Waals surface area contributed by atoms with Crippen LogP contribution in [0.2, 0.25) is 0 Å². The molecule has 3 unspecified atom stereocenters. The van der Waals surface area contributed by atoms with E-state index in [-0.39, 0.29) is 23.4 Å². The van der Waals surface area contributed by atoms with Crippen molar-refractivity contribution < 1.29 is 4.79 Å². The largest absolute Gasteiger partial charge is 0.333 e. The number of pyridine rings is 1. The summed E-state index contributed by atoms with van der Waals surface area (Å²) >= 11 is 6.27. The van der Waals surface area contributed by atoms with Crippen molar-refractivity contribution in [2.45, 2.75) is 44.1 Å². The third-order valence-corrected chi connectivity index (χ3v) is 3.68. The molecule has 0 spiro atoms. The van der Waals surface area contributed by atoms with E-state index in [1.54, 1.807) is 13.1 Å².